The zero-order valence-corrected chi connectivity index (χ0v) is 20.5. The van der Waals surface area contributed by atoms with Crippen molar-refractivity contribution >= 4 is 27.5 Å². The molecule has 0 bridgehead atoms. The zero-order valence-electron chi connectivity index (χ0n) is 19.7. The van der Waals surface area contributed by atoms with Gasteiger partial charge in [-0.1, -0.05) is 6.42 Å². The molecule has 1 heterocycles. The summed E-state index contributed by atoms with van der Waals surface area (Å²) in [6.07, 6.45) is 2.55. The lowest BCUT2D eigenvalue weighted by Gasteiger charge is -2.26. The molecule has 0 radical (unpaired) electrons. The second kappa shape index (κ2) is 11.6. The van der Waals surface area contributed by atoms with Crippen LogP contribution in [0.25, 0.3) is 0 Å². The lowest BCUT2D eigenvalue weighted by molar-refractivity contribution is -0.123. The first-order valence-electron chi connectivity index (χ1n) is 11.1. The molecule has 0 unspecified atom stereocenters. The van der Waals surface area contributed by atoms with Crippen LogP contribution in [0.3, 0.4) is 0 Å². The van der Waals surface area contributed by atoms with Crippen LogP contribution in [-0.2, 0) is 19.6 Å². The molecule has 0 spiro atoms. The Balaban J connectivity index is 2.17. The van der Waals surface area contributed by atoms with Gasteiger partial charge < -0.3 is 15.4 Å². The van der Waals surface area contributed by atoms with Crippen molar-refractivity contribution in [3.63, 3.8) is 0 Å². The van der Waals surface area contributed by atoms with Crippen molar-refractivity contribution in [2.45, 2.75) is 64.0 Å². The number of hydrogen-bond acceptors (Lipinski definition) is 6. The predicted octanol–water partition coefficient (Wildman–Crippen LogP) is 2.04. The van der Waals surface area contributed by atoms with E-state index < -0.39 is 10.0 Å². The summed E-state index contributed by atoms with van der Waals surface area (Å²) in [5.74, 6) is -0.147. The molecule has 9 nitrogen and oxygen atoms in total. The number of rotatable bonds is 10. The Morgan fingerprint density at radius 1 is 1.06 bits per heavy atom. The smallest absolute Gasteiger partial charge is 0.243 e. The van der Waals surface area contributed by atoms with E-state index in [0.29, 0.717) is 24.5 Å². The van der Waals surface area contributed by atoms with Crippen molar-refractivity contribution in [3.8, 4) is 5.75 Å². The number of nitrogens with one attached hydrogen (secondary N) is 2. The Bertz CT molecular complexity index is 896. The van der Waals surface area contributed by atoms with Crippen LogP contribution in [0, 0.1) is 0 Å². The quantitative estimate of drug-likeness (QED) is 0.544. The number of benzene rings is 1. The second-order valence-electron chi connectivity index (χ2n) is 8.73. The van der Waals surface area contributed by atoms with Crippen LogP contribution in [0.4, 0.5) is 5.69 Å². The molecular formula is C22H36N4O5S. The molecule has 1 aliphatic rings. The number of carbonyl (C=O) groups is 2. The zero-order chi connectivity index (χ0) is 23.9. The van der Waals surface area contributed by atoms with Gasteiger partial charge in [0.05, 0.1) is 29.8 Å². The predicted molar refractivity (Wildman–Crippen MR) is 124 cm³/mol. The topological polar surface area (TPSA) is 108 Å². The maximum atomic E-state index is 13.1. The molecule has 2 N–H and O–H groups in total. The third-order valence-corrected chi connectivity index (χ3v) is 6.71. The van der Waals surface area contributed by atoms with Crippen LogP contribution in [0.2, 0.25) is 0 Å². The van der Waals surface area contributed by atoms with Gasteiger partial charge in [-0.3, -0.25) is 14.5 Å². The summed E-state index contributed by atoms with van der Waals surface area (Å²) < 4.78 is 33.4. The van der Waals surface area contributed by atoms with Crippen LogP contribution in [0.15, 0.2) is 23.1 Å². The maximum absolute atomic E-state index is 13.1. The van der Waals surface area contributed by atoms with Crippen LogP contribution in [0.5, 0.6) is 5.75 Å². The Kier molecular flexibility index (Phi) is 9.47. The first-order chi connectivity index (χ1) is 15.0. The summed E-state index contributed by atoms with van der Waals surface area (Å²) in [6, 6.07) is 4.56. The van der Waals surface area contributed by atoms with Crippen LogP contribution in [0.1, 0.15) is 47.0 Å². The van der Waals surface area contributed by atoms with Gasteiger partial charge in [0.25, 0.3) is 0 Å². The highest BCUT2D eigenvalue weighted by molar-refractivity contribution is 7.89. The van der Waals surface area contributed by atoms with Gasteiger partial charge in [-0.05, 0) is 65.8 Å². The highest BCUT2D eigenvalue weighted by atomic mass is 32.2. The van der Waals surface area contributed by atoms with Crippen molar-refractivity contribution in [2.24, 2.45) is 0 Å². The normalized spacial score (nSPS) is 15.2. The first-order valence-corrected chi connectivity index (χ1v) is 12.5. The van der Waals surface area contributed by atoms with E-state index in [1.807, 2.05) is 27.7 Å². The van der Waals surface area contributed by atoms with Gasteiger partial charge in [-0.2, -0.15) is 4.31 Å². The summed E-state index contributed by atoms with van der Waals surface area (Å²) in [7, 11) is -1.98. The molecule has 180 valence electrons. The number of anilines is 1. The van der Waals surface area contributed by atoms with Gasteiger partial charge in [0.1, 0.15) is 5.75 Å². The summed E-state index contributed by atoms with van der Waals surface area (Å²) in [5.41, 5.74) is 0.293. The molecule has 0 atom stereocenters. The van der Waals surface area contributed by atoms with Gasteiger partial charge in [-0.25, -0.2) is 8.42 Å². The van der Waals surface area contributed by atoms with Crippen molar-refractivity contribution in [1.29, 1.82) is 0 Å². The average Bonchev–Trinajstić information content (AvgIpc) is 2.68. The van der Waals surface area contributed by atoms with Crippen LogP contribution in [-0.4, -0.2) is 74.8 Å². The Hall–Kier alpha value is -2.17. The number of hydrogen-bond donors (Lipinski definition) is 2. The summed E-state index contributed by atoms with van der Waals surface area (Å²) in [4.78, 5) is 26.2. The molecule has 1 aromatic carbocycles. The summed E-state index contributed by atoms with van der Waals surface area (Å²) in [6.45, 7) is 8.48. The van der Waals surface area contributed by atoms with E-state index in [1.165, 1.54) is 16.4 Å². The average molecular weight is 469 g/mol. The van der Waals surface area contributed by atoms with Crippen molar-refractivity contribution in [2.75, 3.05) is 38.5 Å². The minimum absolute atomic E-state index is 0.0186. The highest BCUT2D eigenvalue weighted by Crippen LogP contribution is 2.31. The Morgan fingerprint density at radius 2 is 1.69 bits per heavy atom. The number of carbonyl (C=O) groups excluding carboxylic acids is 2. The third-order valence-electron chi connectivity index (χ3n) is 4.82. The van der Waals surface area contributed by atoms with Gasteiger partial charge in [0.2, 0.25) is 21.8 Å². The number of ether oxygens (including phenoxy) is 1. The molecule has 32 heavy (non-hydrogen) atoms. The number of likely N-dealkylation sites (N-methyl/N-ethyl adjacent to an activating group) is 1. The molecule has 2 rings (SSSR count). The second-order valence-corrected chi connectivity index (χ2v) is 10.7. The molecule has 10 heteroatoms. The molecule has 1 saturated heterocycles. The van der Waals surface area contributed by atoms with E-state index >= 15 is 0 Å². The van der Waals surface area contributed by atoms with E-state index in [-0.39, 0.29) is 41.9 Å². The van der Waals surface area contributed by atoms with Crippen molar-refractivity contribution in [3.05, 3.63) is 18.2 Å². The van der Waals surface area contributed by atoms with E-state index in [0.717, 1.165) is 19.3 Å². The molecule has 1 fully saturated rings. The van der Waals surface area contributed by atoms with Crippen LogP contribution < -0.4 is 15.4 Å². The number of nitrogens with zero attached hydrogens (tertiary/aromatic N) is 2. The SMILES string of the molecule is CC(C)NC(=O)CN(C)CC(=O)Nc1cc(S(=O)(=O)N2CCCCC2)ccc1OC(C)C. The molecular weight excluding hydrogens is 432 g/mol. The van der Waals surface area contributed by atoms with Gasteiger partial charge in [0.15, 0.2) is 0 Å². The minimum atomic E-state index is -3.65. The Labute approximate surface area is 191 Å². The molecule has 1 aromatic rings. The van der Waals surface area contributed by atoms with E-state index in [4.69, 9.17) is 4.74 Å². The van der Waals surface area contributed by atoms with Crippen LogP contribution >= 0.6 is 0 Å². The van der Waals surface area contributed by atoms with Crippen molar-refractivity contribution < 1.29 is 22.7 Å². The van der Waals surface area contributed by atoms with E-state index in [2.05, 4.69) is 10.6 Å². The van der Waals surface area contributed by atoms with E-state index in [1.54, 1.807) is 18.0 Å². The monoisotopic (exact) mass is 468 g/mol. The van der Waals surface area contributed by atoms with E-state index in [9.17, 15) is 18.0 Å². The molecule has 0 saturated carbocycles. The Morgan fingerprint density at radius 3 is 2.28 bits per heavy atom. The summed E-state index contributed by atoms with van der Waals surface area (Å²) in [5, 5.41) is 5.53. The fourth-order valence-corrected chi connectivity index (χ4v) is 5.03. The standard InChI is InChI=1S/C22H36N4O5S/c1-16(2)23-21(27)14-25(5)15-22(28)24-19-13-18(9-10-20(19)31-17(3)4)32(29,30)26-11-7-6-8-12-26/h9-10,13,16-17H,6-8,11-12,14-15H2,1-5H3,(H,23,27)(H,24,28). The lowest BCUT2D eigenvalue weighted by atomic mass is 10.2. The number of amides is 2. The number of piperidine rings is 1. The van der Waals surface area contributed by atoms with Gasteiger partial charge >= 0.3 is 0 Å². The number of sulfonamides is 1. The summed E-state index contributed by atoms with van der Waals surface area (Å²) >= 11 is 0. The third kappa shape index (κ3) is 7.75. The molecule has 1 aliphatic heterocycles. The maximum Gasteiger partial charge on any atom is 0.243 e. The molecule has 0 aliphatic carbocycles. The minimum Gasteiger partial charge on any atom is -0.489 e. The largest absolute Gasteiger partial charge is 0.489 e. The van der Waals surface area contributed by atoms with Crippen molar-refractivity contribution in [1.82, 2.24) is 14.5 Å². The lowest BCUT2D eigenvalue weighted by Crippen LogP contribution is -2.41. The fourth-order valence-electron chi connectivity index (χ4n) is 3.48. The highest BCUT2D eigenvalue weighted by Gasteiger charge is 2.27. The molecule has 2 amide bonds. The van der Waals surface area contributed by atoms with Gasteiger partial charge in [0, 0.05) is 19.1 Å². The fraction of sp³-hybridized carbons (Fsp3) is 0.636. The van der Waals surface area contributed by atoms with Gasteiger partial charge in [-0.15, -0.1) is 0 Å². The molecule has 0 aromatic heterocycles. The first kappa shape index (κ1) is 26.1.